The maximum Gasteiger partial charge on any atom is 0.327 e. The Kier molecular flexibility index (Phi) is 4.31. The van der Waals surface area contributed by atoms with Gasteiger partial charge in [-0.05, 0) is 55.5 Å². The van der Waals surface area contributed by atoms with Crippen molar-refractivity contribution in [1.29, 1.82) is 0 Å². The highest BCUT2D eigenvalue weighted by atomic mass is 35.5. The number of alkyl halides is 5. The second kappa shape index (κ2) is 5.08. The van der Waals surface area contributed by atoms with E-state index in [1.165, 1.54) is 0 Å². The van der Waals surface area contributed by atoms with Gasteiger partial charge in [0.2, 0.25) is 0 Å². The smallest absolute Gasteiger partial charge is 0.204 e. The Morgan fingerprint density at radius 1 is 1.00 bits per heavy atom. The zero-order valence-electron chi connectivity index (χ0n) is 10.6. The van der Waals surface area contributed by atoms with Crippen LogP contribution in [0.5, 0.6) is 0 Å². The van der Waals surface area contributed by atoms with Gasteiger partial charge >= 0.3 is 12.3 Å². The zero-order chi connectivity index (χ0) is 14.2. The van der Waals surface area contributed by atoms with Crippen LogP contribution in [0, 0.1) is 27.7 Å². The van der Waals surface area contributed by atoms with Crippen molar-refractivity contribution >= 4 is 11.6 Å². The molecule has 0 aromatic heterocycles. The predicted molar refractivity (Wildman–Crippen MR) is 64.9 cm³/mol. The number of aryl methyl sites for hydroxylation is 2. The zero-order valence-corrected chi connectivity index (χ0v) is 11.4. The molecule has 1 atom stereocenters. The molecular formula is C13H15ClF4. The Hall–Kier alpha value is -0.770. The van der Waals surface area contributed by atoms with Crippen LogP contribution in [0.25, 0.3) is 0 Å². The van der Waals surface area contributed by atoms with Gasteiger partial charge in [0.1, 0.15) is 5.38 Å². The number of rotatable bonds is 3. The first-order valence-corrected chi connectivity index (χ1v) is 5.91. The van der Waals surface area contributed by atoms with Crippen LogP contribution < -0.4 is 0 Å². The van der Waals surface area contributed by atoms with E-state index >= 15 is 0 Å². The summed E-state index contributed by atoms with van der Waals surface area (Å²) in [6.45, 7) is 6.73. The lowest BCUT2D eigenvalue weighted by Crippen LogP contribution is -2.32. The summed E-state index contributed by atoms with van der Waals surface area (Å²) < 4.78 is 51.5. The molecule has 1 rings (SSSR count). The third kappa shape index (κ3) is 2.48. The monoisotopic (exact) mass is 282 g/mol. The average Bonchev–Trinajstić information content (AvgIpc) is 2.26. The Labute approximate surface area is 109 Å². The van der Waals surface area contributed by atoms with Crippen molar-refractivity contribution in [2.75, 3.05) is 0 Å². The molecule has 18 heavy (non-hydrogen) atoms. The number of benzene rings is 1. The van der Waals surface area contributed by atoms with Crippen LogP contribution in [-0.2, 0) is 0 Å². The molecule has 1 unspecified atom stereocenters. The molecule has 0 aliphatic heterocycles. The van der Waals surface area contributed by atoms with Gasteiger partial charge in [-0.25, -0.2) is 8.78 Å². The lowest BCUT2D eigenvalue weighted by Gasteiger charge is -2.25. The van der Waals surface area contributed by atoms with Gasteiger partial charge in [0, 0.05) is 0 Å². The van der Waals surface area contributed by atoms with Crippen LogP contribution in [0.4, 0.5) is 17.6 Å². The largest absolute Gasteiger partial charge is 0.327 e. The van der Waals surface area contributed by atoms with E-state index in [1.807, 2.05) is 6.07 Å². The van der Waals surface area contributed by atoms with Crippen LogP contribution >= 0.6 is 11.6 Å². The molecule has 0 heterocycles. The van der Waals surface area contributed by atoms with Crippen molar-refractivity contribution in [1.82, 2.24) is 0 Å². The van der Waals surface area contributed by atoms with Crippen LogP contribution in [0.2, 0.25) is 0 Å². The van der Waals surface area contributed by atoms with Gasteiger partial charge in [-0.3, -0.25) is 0 Å². The summed E-state index contributed by atoms with van der Waals surface area (Å²) in [5.41, 5.74) is 2.73. The van der Waals surface area contributed by atoms with Crippen LogP contribution in [-0.4, -0.2) is 12.3 Å². The molecule has 0 saturated heterocycles. The highest BCUT2D eigenvalue weighted by Gasteiger charge is 2.49. The Balaban J connectivity index is 3.42. The third-order valence-electron chi connectivity index (χ3n) is 3.31. The summed E-state index contributed by atoms with van der Waals surface area (Å²) >= 11 is 5.62. The molecule has 1 aromatic carbocycles. The molecule has 0 fully saturated rings. The fourth-order valence-corrected chi connectivity index (χ4v) is 2.35. The van der Waals surface area contributed by atoms with Gasteiger partial charge in [0.25, 0.3) is 0 Å². The molecule has 102 valence electrons. The number of halogens is 5. The molecule has 0 bridgehead atoms. The third-order valence-corrected chi connectivity index (χ3v) is 3.82. The minimum absolute atomic E-state index is 0.111. The van der Waals surface area contributed by atoms with E-state index in [9.17, 15) is 17.6 Å². The first kappa shape index (κ1) is 15.3. The van der Waals surface area contributed by atoms with E-state index in [1.54, 1.807) is 27.7 Å². The fraction of sp³-hybridized carbons (Fsp3) is 0.538. The molecule has 0 radical (unpaired) electrons. The Morgan fingerprint density at radius 3 is 1.72 bits per heavy atom. The maximum atomic E-state index is 13.4. The minimum Gasteiger partial charge on any atom is -0.204 e. The summed E-state index contributed by atoms with van der Waals surface area (Å²) in [4.78, 5) is 0. The van der Waals surface area contributed by atoms with Crippen molar-refractivity contribution in [3.8, 4) is 0 Å². The normalized spacial score (nSPS) is 14.1. The number of hydrogen-bond donors (Lipinski definition) is 0. The van der Waals surface area contributed by atoms with E-state index in [0.717, 1.165) is 11.1 Å². The maximum absolute atomic E-state index is 13.4. The minimum atomic E-state index is -4.24. The van der Waals surface area contributed by atoms with E-state index in [0.29, 0.717) is 11.1 Å². The lowest BCUT2D eigenvalue weighted by atomic mass is 9.90. The summed E-state index contributed by atoms with van der Waals surface area (Å²) in [7, 11) is 0. The Morgan fingerprint density at radius 2 is 1.39 bits per heavy atom. The summed E-state index contributed by atoms with van der Waals surface area (Å²) in [5.74, 6) is -4.24. The first-order valence-electron chi connectivity index (χ1n) is 5.48. The topological polar surface area (TPSA) is 0 Å². The quantitative estimate of drug-likeness (QED) is 0.534. The molecule has 0 aliphatic carbocycles. The van der Waals surface area contributed by atoms with Crippen molar-refractivity contribution in [3.05, 3.63) is 33.9 Å². The van der Waals surface area contributed by atoms with Crippen LogP contribution in [0.3, 0.4) is 0 Å². The van der Waals surface area contributed by atoms with Gasteiger partial charge in [-0.2, -0.15) is 8.78 Å². The van der Waals surface area contributed by atoms with Crippen LogP contribution in [0.15, 0.2) is 6.07 Å². The number of hydrogen-bond acceptors (Lipinski definition) is 0. The fourth-order valence-electron chi connectivity index (χ4n) is 1.93. The second-order valence-electron chi connectivity index (χ2n) is 4.51. The molecule has 0 amide bonds. The van der Waals surface area contributed by atoms with Crippen molar-refractivity contribution in [2.24, 2.45) is 0 Å². The van der Waals surface area contributed by atoms with E-state index < -0.39 is 17.7 Å². The molecule has 0 nitrogen and oxygen atoms in total. The molecular weight excluding hydrogens is 268 g/mol. The van der Waals surface area contributed by atoms with Crippen LogP contribution in [0.1, 0.15) is 33.2 Å². The molecule has 0 spiro atoms. The average molecular weight is 283 g/mol. The standard InChI is InChI=1S/C13H15ClF4/c1-6-5-7(2)9(4)10(8(6)3)11(14)13(17,18)12(15)16/h5,11-12H,1-4H3. The van der Waals surface area contributed by atoms with Crippen molar-refractivity contribution in [2.45, 2.75) is 45.4 Å². The van der Waals surface area contributed by atoms with Gasteiger partial charge in [-0.15, -0.1) is 11.6 Å². The van der Waals surface area contributed by atoms with Gasteiger partial charge < -0.3 is 0 Å². The first-order chi connectivity index (χ1) is 8.10. The Bertz CT molecular complexity index is 429. The molecule has 0 N–H and O–H groups in total. The van der Waals surface area contributed by atoms with E-state index in [2.05, 4.69) is 0 Å². The van der Waals surface area contributed by atoms with E-state index in [4.69, 9.17) is 11.6 Å². The molecule has 5 heteroatoms. The van der Waals surface area contributed by atoms with Gasteiger partial charge in [0.15, 0.2) is 0 Å². The second-order valence-corrected chi connectivity index (χ2v) is 4.95. The van der Waals surface area contributed by atoms with Gasteiger partial charge in [0.05, 0.1) is 0 Å². The SMILES string of the molecule is Cc1cc(C)c(C)c(C(Cl)C(F)(F)C(F)F)c1C. The summed E-state index contributed by atoms with van der Waals surface area (Å²) in [6, 6.07) is 1.83. The molecule has 0 aliphatic rings. The molecule has 0 saturated carbocycles. The predicted octanol–water partition coefficient (Wildman–Crippen LogP) is 5.10. The summed E-state index contributed by atoms with van der Waals surface area (Å²) in [5, 5.41) is -2.02. The van der Waals surface area contributed by atoms with Crippen molar-refractivity contribution < 1.29 is 17.6 Å². The highest BCUT2D eigenvalue weighted by molar-refractivity contribution is 6.21. The van der Waals surface area contributed by atoms with Gasteiger partial charge in [-0.1, -0.05) is 6.07 Å². The highest BCUT2D eigenvalue weighted by Crippen LogP contribution is 2.44. The molecule has 1 aromatic rings. The lowest BCUT2D eigenvalue weighted by molar-refractivity contribution is -0.130. The summed E-state index contributed by atoms with van der Waals surface area (Å²) in [6.07, 6.45) is -3.78. The van der Waals surface area contributed by atoms with Crippen molar-refractivity contribution in [3.63, 3.8) is 0 Å². The van der Waals surface area contributed by atoms with E-state index in [-0.39, 0.29) is 5.56 Å².